The minimum absolute atomic E-state index is 0.0422. The van der Waals surface area contributed by atoms with Gasteiger partial charge >= 0.3 is 11.8 Å². The van der Waals surface area contributed by atoms with Crippen LogP contribution in [-0.4, -0.2) is 48.9 Å². The number of fused-ring (bicyclic) bond motifs is 2. The average molecular weight is 628 g/mol. The molecule has 0 spiro atoms. The Morgan fingerprint density at radius 3 is 2.44 bits per heavy atom. The molecular weight excluding hydrogens is 594 g/mol. The number of aryl methyl sites for hydroxylation is 1. The van der Waals surface area contributed by atoms with E-state index in [-0.39, 0.29) is 27.5 Å². The Hall–Kier alpha value is -3.75. The molecule has 14 heteroatoms. The standard InChI is InChI=1S/C29H33N5O7S2/c1-28(2,3)41-27(37)34(29(4)8-9-29)43(38,39)23-11-22-24(35)32(15-19-12-30-31(5)13-19)26(36)33(25(22)42-23)14-18-6-7-20-16-40-17-21(20)10-18/h6-7,10-13H,8-9,14-17H2,1-5H3. The van der Waals surface area contributed by atoms with Gasteiger partial charge in [-0.05, 0) is 63.3 Å². The van der Waals surface area contributed by atoms with Crippen LogP contribution in [0, 0.1) is 0 Å². The third-order valence-electron chi connectivity index (χ3n) is 7.62. The van der Waals surface area contributed by atoms with Gasteiger partial charge in [-0.2, -0.15) is 17.8 Å². The molecule has 0 unspecified atom stereocenters. The van der Waals surface area contributed by atoms with Crippen LogP contribution >= 0.6 is 11.3 Å². The molecule has 0 bridgehead atoms. The van der Waals surface area contributed by atoms with Crippen molar-refractivity contribution in [2.45, 2.75) is 82.2 Å². The number of carbonyl (C=O) groups excluding carboxylic acids is 1. The molecule has 6 rings (SSSR count). The first kappa shape index (κ1) is 29.3. The minimum Gasteiger partial charge on any atom is -0.443 e. The van der Waals surface area contributed by atoms with Gasteiger partial charge in [-0.25, -0.2) is 9.59 Å². The number of benzene rings is 1. The maximum absolute atomic E-state index is 14.1. The number of aromatic nitrogens is 4. The molecule has 1 aliphatic carbocycles. The van der Waals surface area contributed by atoms with E-state index in [2.05, 4.69) is 5.10 Å². The molecule has 4 aromatic rings. The number of hydrogen-bond donors (Lipinski definition) is 0. The Balaban J connectivity index is 1.51. The van der Waals surface area contributed by atoms with Gasteiger partial charge in [-0.1, -0.05) is 18.2 Å². The third kappa shape index (κ3) is 5.43. The fraction of sp³-hybridized carbons (Fsp3) is 0.448. The van der Waals surface area contributed by atoms with Gasteiger partial charge in [-0.3, -0.25) is 18.6 Å². The predicted molar refractivity (Wildman–Crippen MR) is 160 cm³/mol. The summed E-state index contributed by atoms with van der Waals surface area (Å²) in [4.78, 5) is 41.2. The summed E-state index contributed by atoms with van der Waals surface area (Å²) in [6.07, 6.45) is 3.28. The second-order valence-corrected chi connectivity index (χ2v) is 15.5. The van der Waals surface area contributed by atoms with E-state index in [1.807, 2.05) is 18.2 Å². The maximum atomic E-state index is 14.1. The van der Waals surface area contributed by atoms with Gasteiger partial charge in [0.15, 0.2) is 0 Å². The second kappa shape index (κ2) is 10.2. The van der Waals surface area contributed by atoms with Crippen LogP contribution in [0.3, 0.4) is 0 Å². The van der Waals surface area contributed by atoms with Crippen LogP contribution in [0.25, 0.3) is 10.2 Å². The molecule has 12 nitrogen and oxygen atoms in total. The summed E-state index contributed by atoms with van der Waals surface area (Å²) in [6, 6.07) is 7.07. The van der Waals surface area contributed by atoms with Crippen molar-refractivity contribution in [2.24, 2.45) is 7.05 Å². The highest BCUT2D eigenvalue weighted by molar-refractivity contribution is 7.92. The molecule has 1 fully saturated rings. The summed E-state index contributed by atoms with van der Waals surface area (Å²) in [5.74, 6) is 0. The molecule has 4 heterocycles. The van der Waals surface area contributed by atoms with Crippen molar-refractivity contribution in [3.8, 4) is 0 Å². The van der Waals surface area contributed by atoms with E-state index in [0.29, 0.717) is 31.6 Å². The average Bonchev–Trinajstić information content (AvgIpc) is 3.31. The van der Waals surface area contributed by atoms with E-state index in [0.717, 1.165) is 36.9 Å². The molecule has 228 valence electrons. The van der Waals surface area contributed by atoms with Crippen LogP contribution in [0.5, 0.6) is 0 Å². The number of thiophene rings is 1. The molecule has 43 heavy (non-hydrogen) atoms. The Labute approximate surface area is 252 Å². The van der Waals surface area contributed by atoms with Gasteiger partial charge < -0.3 is 9.47 Å². The van der Waals surface area contributed by atoms with Crippen LogP contribution in [-0.2, 0) is 52.8 Å². The first-order valence-corrected chi connectivity index (χ1v) is 16.1. The Bertz CT molecular complexity index is 1990. The normalized spacial score (nSPS) is 15.9. The van der Waals surface area contributed by atoms with E-state index in [9.17, 15) is 22.8 Å². The molecule has 0 saturated heterocycles. The van der Waals surface area contributed by atoms with Crippen LogP contribution in [0.15, 0.2) is 50.5 Å². The SMILES string of the molecule is Cn1cc(Cn2c(=O)c3cc(S(=O)(=O)N(C(=O)OC(C)(C)C)C4(C)CC4)sc3n(Cc3ccc4c(c3)COC4)c2=O)cn1. The van der Waals surface area contributed by atoms with Crippen molar-refractivity contribution < 1.29 is 22.7 Å². The second-order valence-electron chi connectivity index (χ2n) is 12.4. The molecule has 1 aromatic carbocycles. The molecule has 0 N–H and O–H groups in total. The summed E-state index contributed by atoms with van der Waals surface area (Å²) >= 11 is 0.802. The molecular formula is C29H33N5O7S2. The summed E-state index contributed by atoms with van der Waals surface area (Å²) < 4.78 is 43.9. The molecule has 1 saturated carbocycles. The van der Waals surface area contributed by atoms with Gasteiger partial charge in [0.25, 0.3) is 15.6 Å². The van der Waals surface area contributed by atoms with E-state index in [1.165, 1.54) is 10.6 Å². The zero-order valence-electron chi connectivity index (χ0n) is 24.6. The smallest absolute Gasteiger partial charge is 0.424 e. The van der Waals surface area contributed by atoms with Crippen molar-refractivity contribution in [1.29, 1.82) is 0 Å². The molecule has 0 atom stereocenters. The first-order chi connectivity index (χ1) is 20.2. The van der Waals surface area contributed by atoms with Crippen molar-refractivity contribution in [2.75, 3.05) is 0 Å². The summed E-state index contributed by atoms with van der Waals surface area (Å²) in [6.45, 7) is 7.74. The third-order valence-corrected chi connectivity index (χ3v) is 11.1. The molecule has 0 radical (unpaired) electrons. The molecule has 2 aliphatic rings. The minimum atomic E-state index is -4.44. The van der Waals surface area contributed by atoms with Crippen molar-refractivity contribution in [3.05, 3.63) is 79.8 Å². The van der Waals surface area contributed by atoms with Crippen LogP contribution in [0.1, 0.15) is 62.8 Å². The molecule has 1 amide bonds. The van der Waals surface area contributed by atoms with Crippen molar-refractivity contribution >= 4 is 37.7 Å². The number of hydrogen-bond acceptors (Lipinski definition) is 9. The van der Waals surface area contributed by atoms with E-state index < -0.39 is 38.5 Å². The number of rotatable bonds is 7. The van der Waals surface area contributed by atoms with Gasteiger partial charge in [0, 0.05) is 18.8 Å². The van der Waals surface area contributed by atoms with Gasteiger partial charge in [0.05, 0.1) is 43.4 Å². The van der Waals surface area contributed by atoms with Crippen LogP contribution in [0.2, 0.25) is 0 Å². The zero-order chi connectivity index (χ0) is 30.9. The van der Waals surface area contributed by atoms with E-state index in [1.54, 1.807) is 51.8 Å². The highest BCUT2D eigenvalue weighted by Crippen LogP contribution is 2.46. The number of amides is 1. The lowest BCUT2D eigenvalue weighted by atomic mass is 10.1. The topological polar surface area (TPSA) is 135 Å². The predicted octanol–water partition coefficient (Wildman–Crippen LogP) is 3.56. The molecule has 3 aromatic heterocycles. The van der Waals surface area contributed by atoms with Crippen molar-refractivity contribution in [1.82, 2.24) is 23.2 Å². The fourth-order valence-corrected chi connectivity index (χ4v) is 8.41. The van der Waals surface area contributed by atoms with Crippen LogP contribution < -0.4 is 11.2 Å². The van der Waals surface area contributed by atoms with Gasteiger partial charge in [0.1, 0.15) is 14.6 Å². The van der Waals surface area contributed by atoms with Crippen LogP contribution in [0.4, 0.5) is 4.79 Å². The summed E-state index contributed by atoms with van der Waals surface area (Å²) in [7, 11) is -2.71. The quantitative estimate of drug-likeness (QED) is 0.304. The lowest BCUT2D eigenvalue weighted by Gasteiger charge is -2.30. The lowest BCUT2D eigenvalue weighted by molar-refractivity contribution is 0.0332. The highest BCUT2D eigenvalue weighted by atomic mass is 32.2. The fourth-order valence-electron chi connectivity index (χ4n) is 5.21. The largest absolute Gasteiger partial charge is 0.443 e. The highest BCUT2D eigenvalue weighted by Gasteiger charge is 2.54. The Kier molecular flexibility index (Phi) is 6.93. The van der Waals surface area contributed by atoms with Gasteiger partial charge in [0.2, 0.25) is 0 Å². The lowest BCUT2D eigenvalue weighted by Crippen LogP contribution is -2.47. The summed E-state index contributed by atoms with van der Waals surface area (Å²) in [5, 5.41) is 4.21. The van der Waals surface area contributed by atoms with Crippen molar-refractivity contribution in [3.63, 3.8) is 0 Å². The van der Waals surface area contributed by atoms with E-state index in [4.69, 9.17) is 9.47 Å². The number of ether oxygens (including phenoxy) is 2. The van der Waals surface area contributed by atoms with Gasteiger partial charge in [-0.15, -0.1) is 11.3 Å². The maximum Gasteiger partial charge on any atom is 0.424 e. The number of carbonyl (C=O) groups is 1. The summed E-state index contributed by atoms with van der Waals surface area (Å²) in [5.41, 5.74) is 0.472. The monoisotopic (exact) mass is 627 g/mol. The first-order valence-electron chi connectivity index (χ1n) is 13.9. The number of nitrogens with zero attached hydrogens (tertiary/aromatic N) is 5. The Morgan fingerprint density at radius 2 is 1.79 bits per heavy atom. The molecule has 1 aliphatic heterocycles. The van der Waals surface area contributed by atoms with E-state index >= 15 is 0 Å². The zero-order valence-corrected chi connectivity index (χ0v) is 26.3. The number of sulfonamides is 1. The Morgan fingerprint density at radius 1 is 1.09 bits per heavy atom.